The van der Waals surface area contributed by atoms with Crippen LogP contribution in [0.1, 0.15) is 81.6 Å². The van der Waals surface area contributed by atoms with Gasteiger partial charge in [-0.05, 0) is 50.9 Å². The molecule has 190 valence electrons. The van der Waals surface area contributed by atoms with Crippen molar-refractivity contribution in [1.29, 1.82) is 0 Å². The van der Waals surface area contributed by atoms with Gasteiger partial charge in [0.25, 0.3) is 0 Å². The number of hydrogen-bond acceptors (Lipinski definition) is 4. The zero-order chi connectivity index (χ0) is 25.7. The van der Waals surface area contributed by atoms with E-state index in [-0.39, 0.29) is 41.4 Å². The molecule has 0 aliphatic carbocycles. The van der Waals surface area contributed by atoms with Crippen LogP contribution in [0, 0.1) is 17.3 Å². The van der Waals surface area contributed by atoms with Gasteiger partial charge in [-0.15, -0.1) is 0 Å². The maximum absolute atomic E-state index is 13.6. The first-order chi connectivity index (χ1) is 15.1. The monoisotopic (exact) mass is 465 g/mol. The van der Waals surface area contributed by atoms with Crippen LogP contribution in [0.4, 0.5) is 0 Å². The molecule has 4 atom stereocenters. The molecule has 7 nitrogen and oxygen atoms in total. The molecule has 0 aromatic heterocycles. The fourth-order valence-corrected chi connectivity index (χ4v) is 4.58. The lowest BCUT2D eigenvalue weighted by atomic mass is 9.84. The predicted octanol–water partition coefficient (Wildman–Crippen LogP) is 3.93. The third kappa shape index (κ3) is 7.83. The Kier molecular flexibility index (Phi) is 10.6. The van der Waals surface area contributed by atoms with Gasteiger partial charge < -0.3 is 15.3 Å². The van der Waals surface area contributed by atoms with Crippen molar-refractivity contribution in [2.45, 2.75) is 106 Å². The zero-order valence-corrected chi connectivity index (χ0v) is 22.4. The quantitative estimate of drug-likeness (QED) is 0.504. The highest BCUT2D eigenvalue weighted by atomic mass is 16.4. The highest BCUT2D eigenvalue weighted by Crippen LogP contribution is 2.28. The minimum atomic E-state index is -1.00. The summed E-state index contributed by atoms with van der Waals surface area (Å²) in [4.78, 5) is 42.3. The smallest absolute Gasteiger partial charge is 0.331 e. The lowest BCUT2D eigenvalue weighted by molar-refractivity contribution is -0.142. The Hall–Kier alpha value is -1.89. The van der Waals surface area contributed by atoms with Crippen LogP contribution in [0.2, 0.25) is 0 Å². The number of hydrogen-bond donors (Lipinski definition) is 2. The molecule has 0 aromatic rings. The van der Waals surface area contributed by atoms with Crippen LogP contribution in [-0.2, 0) is 14.4 Å². The lowest BCUT2D eigenvalue weighted by Gasteiger charge is -2.43. The summed E-state index contributed by atoms with van der Waals surface area (Å²) < 4.78 is 0. The van der Waals surface area contributed by atoms with Crippen LogP contribution in [0.5, 0.6) is 0 Å². The molecule has 0 bridgehead atoms. The van der Waals surface area contributed by atoms with E-state index in [9.17, 15) is 19.5 Å². The van der Waals surface area contributed by atoms with Gasteiger partial charge >= 0.3 is 5.97 Å². The SMILES string of the molecule is CC[C@H]1CC[C@@H](C(=O)NC(C(=O)N(C)C(/C=C(\C)C(=O)O)C(C)C)C(C)(C)C)N(C(C)C)C1. The van der Waals surface area contributed by atoms with E-state index in [4.69, 9.17) is 0 Å². The van der Waals surface area contributed by atoms with Gasteiger partial charge in [0.15, 0.2) is 0 Å². The first kappa shape index (κ1) is 29.1. The fourth-order valence-electron chi connectivity index (χ4n) is 4.58. The average molecular weight is 466 g/mol. The minimum Gasteiger partial charge on any atom is -0.478 e. The van der Waals surface area contributed by atoms with Crippen molar-refractivity contribution >= 4 is 17.8 Å². The van der Waals surface area contributed by atoms with E-state index in [1.165, 1.54) is 6.92 Å². The highest BCUT2D eigenvalue weighted by molar-refractivity contribution is 5.91. The number of nitrogens with zero attached hydrogens (tertiary/aromatic N) is 2. The molecule has 1 fully saturated rings. The Morgan fingerprint density at radius 2 is 1.73 bits per heavy atom. The second-order valence-corrected chi connectivity index (χ2v) is 11.3. The summed E-state index contributed by atoms with van der Waals surface area (Å²) in [6, 6.07) is -1.10. The molecule has 1 aliphatic rings. The molecule has 33 heavy (non-hydrogen) atoms. The van der Waals surface area contributed by atoms with Crippen molar-refractivity contribution in [3.8, 4) is 0 Å². The molecular weight excluding hydrogens is 418 g/mol. The number of piperidine rings is 1. The van der Waals surface area contributed by atoms with E-state index >= 15 is 0 Å². The molecule has 1 heterocycles. The predicted molar refractivity (Wildman–Crippen MR) is 133 cm³/mol. The van der Waals surface area contributed by atoms with Crippen molar-refractivity contribution in [2.75, 3.05) is 13.6 Å². The van der Waals surface area contributed by atoms with E-state index in [1.807, 2.05) is 34.6 Å². The normalized spacial score (nSPS) is 22.2. The van der Waals surface area contributed by atoms with Crippen LogP contribution < -0.4 is 5.32 Å². The lowest BCUT2D eigenvalue weighted by Crippen LogP contribution is -2.61. The average Bonchev–Trinajstić information content (AvgIpc) is 2.72. The molecule has 2 unspecified atom stereocenters. The number of amides is 2. The summed E-state index contributed by atoms with van der Waals surface area (Å²) in [5.74, 6) is -0.691. The standard InChI is InChI=1S/C26H47N3O4/c1-11-19-12-13-20(29(15-19)17(4)5)23(30)27-22(26(7,8)9)24(31)28(10)21(16(2)3)14-18(6)25(32)33/h14,16-17,19-22H,11-13,15H2,1-10H3,(H,27,30)(H,32,33)/b18-14+/t19-,20-,21?,22?/m0/s1. The molecule has 0 saturated carbocycles. The Balaban J connectivity index is 3.17. The largest absolute Gasteiger partial charge is 0.478 e. The van der Waals surface area contributed by atoms with E-state index in [1.54, 1.807) is 18.0 Å². The zero-order valence-electron chi connectivity index (χ0n) is 22.4. The molecule has 0 aromatic carbocycles. The first-order valence-electron chi connectivity index (χ1n) is 12.4. The number of carboxylic acid groups (broad SMARTS) is 1. The van der Waals surface area contributed by atoms with Gasteiger partial charge in [-0.2, -0.15) is 0 Å². The van der Waals surface area contributed by atoms with Crippen molar-refractivity contribution in [3.05, 3.63) is 11.6 Å². The summed E-state index contributed by atoms with van der Waals surface area (Å²) in [6.07, 6.45) is 4.53. The third-order valence-corrected chi connectivity index (χ3v) is 6.90. The number of carbonyl (C=O) groups excluding carboxylic acids is 2. The molecule has 0 spiro atoms. The van der Waals surface area contributed by atoms with Crippen molar-refractivity contribution in [2.24, 2.45) is 17.3 Å². The summed E-state index contributed by atoms with van der Waals surface area (Å²) in [7, 11) is 1.69. The second-order valence-electron chi connectivity index (χ2n) is 11.3. The van der Waals surface area contributed by atoms with Gasteiger partial charge in [0.2, 0.25) is 11.8 Å². The van der Waals surface area contributed by atoms with E-state index in [0.717, 1.165) is 25.8 Å². The van der Waals surface area contributed by atoms with Crippen LogP contribution in [0.3, 0.4) is 0 Å². The maximum Gasteiger partial charge on any atom is 0.331 e. The molecule has 2 N–H and O–H groups in total. The molecule has 1 rings (SSSR count). The molecule has 1 aliphatic heterocycles. The number of carbonyl (C=O) groups is 3. The Labute approximate surface area is 201 Å². The number of rotatable bonds is 9. The molecular formula is C26H47N3O4. The summed E-state index contributed by atoms with van der Waals surface area (Å²) in [5, 5.41) is 12.4. The Morgan fingerprint density at radius 1 is 1.15 bits per heavy atom. The van der Waals surface area contributed by atoms with E-state index in [0.29, 0.717) is 5.92 Å². The summed E-state index contributed by atoms with van der Waals surface area (Å²) >= 11 is 0. The minimum absolute atomic E-state index is 0.0188. The molecule has 0 radical (unpaired) electrons. The molecule has 1 saturated heterocycles. The topological polar surface area (TPSA) is 90.0 Å². The van der Waals surface area contributed by atoms with E-state index in [2.05, 4.69) is 31.0 Å². The van der Waals surface area contributed by atoms with Gasteiger partial charge in [0, 0.05) is 25.2 Å². The van der Waals surface area contributed by atoms with Gasteiger partial charge in [-0.3, -0.25) is 14.5 Å². The number of nitrogens with one attached hydrogen (secondary N) is 1. The van der Waals surface area contributed by atoms with Crippen LogP contribution in [0.15, 0.2) is 11.6 Å². The number of likely N-dealkylation sites (N-methyl/N-ethyl adjacent to an activating group) is 1. The van der Waals surface area contributed by atoms with Gasteiger partial charge in [-0.1, -0.05) is 54.0 Å². The Bertz CT molecular complexity index is 724. The van der Waals surface area contributed by atoms with Gasteiger partial charge in [-0.25, -0.2) is 4.79 Å². The third-order valence-electron chi connectivity index (χ3n) is 6.90. The number of aliphatic carboxylic acids is 1. The highest BCUT2D eigenvalue weighted by Gasteiger charge is 2.40. The van der Waals surface area contributed by atoms with Crippen molar-refractivity contribution in [1.82, 2.24) is 15.1 Å². The summed E-state index contributed by atoms with van der Waals surface area (Å²) in [6.45, 7) is 18.6. The van der Waals surface area contributed by atoms with Crippen LogP contribution in [0.25, 0.3) is 0 Å². The van der Waals surface area contributed by atoms with Gasteiger partial charge in [0.1, 0.15) is 6.04 Å². The molecule has 2 amide bonds. The number of carboxylic acids is 1. The van der Waals surface area contributed by atoms with Crippen LogP contribution in [-0.4, -0.2) is 70.4 Å². The maximum atomic E-state index is 13.6. The second kappa shape index (κ2) is 12.0. The summed E-state index contributed by atoms with van der Waals surface area (Å²) in [5.41, 5.74) is -0.304. The number of likely N-dealkylation sites (tertiary alicyclic amines) is 1. The van der Waals surface area contributed by atoms with Gasteiger partial charge in [0.05, 0.1) is 12.1 Å². The fraction of sp³-hybridized carbons (Fsp3) is 0.808. The van der Waals surface area contributed by atoms with Crippen molar-refractivity contribution < 1.29 is 19.5 Å². The van der Waals surface area contributed by atoms with Crippen LogP contribution >= 0.6 is 0 Å². The Morgan fingerprint density at radius 3 is 2.15 bits per heavy atom. The van der Waals surface area contributed by atoms with E-state index < -0.39 is 17.4 Å². The van der Waals surface area contributed by atoms with Crippen molar-refractivity contribution in [3.63, 3.8) is 0 Å². The molecule has 7 heteroatoms. The first-order valence-corrected chi connectivity index (χ1v) is 12.4.